The molecule has 0 fully saturated rings. The van der Waals surface area contributed by atoms with E-state index in [-0.39, 0.29) is 0 Å². The largest absolute Gasteiger partial charge is 0.244 e. The smallest absolute Gasteiger partial charge is 0.233 e. The fraction of sp³-hybridized carbons (Fsp3) is 0.154. The van der Waals surface area contributed by atoms with E-state index in [1.54, 1.807) is 11.3 Å². The summed E-state index contributed by atoms with van der Waals surface area (Å²) in [5.41, 5.74) is 2.57. The fourth-order valence-electron chi connectivity index (χ4n) is 2.04. The van der Waals surface area contributed by atoms with Crippen molar-refractivity contribution >= 4 is 22.4 Å². The average Bonchev–Trinajstić information content (AvgIpc) is 2.90. The molecule has 0 unspecified atom stereocenters. The fourth-order valence-corrected chi connectivity index (χ4v) is 2.74. The third-order valence-corrected chi connectivity index (χ3v) is 3.65. The highest BCUT2D eigenvalue weighted by Gasteiger charge is 2.12. The molecule has 3 rings (SSSR count). The number of aromatic nitrogens is 2. The number of imidazole rings is 1. The van der Waals surface area contributed by atoms with Gasteiger partial charge in [-0.15, -0.1) is 11.3 Å². The number of thiophene rings is 1. The van der Waals surface area contributed by atoms with E-state index in [0.717, 1.165) is 6.54 Å². The summed E-state index contributed by atoms with van der Waals surface area (Å²) in [6.07, 6.45) is 2.16. The van der Waals surface area contributed by atoms with Gasteiger partial charge in [-0.1, -0.05) is 18.2 Å². The molecule has 0 aliphatic heterocycles. The molecule has 0 N–H and O–H groups in total. The monoisotopic (exact) mass is 229 g/mol. The van der Waals surface area contributed by atoms with Crippen LogP contribution in [0.4, 0.5) is 0 Å². The lowest BCUT2D eigenvalue weighted by Gasteiger charge is -1.93. The van der Waals surface area contributed by atoms with Crippen molar-refractivity contribution in [1.82, 2.24) is 4.57 Å². The van der Waals surface area contributed by atoms with Crippen LogP contribution in [0.2, 0.25) is 0 Å². The Bertz CT molecular complexity index is 608. The van der Waals surface area contributed by atoms with Gasteiger partial charge in [0.05, 0.1) is 7.05 Å². The van der Waals surface area contributed by atoms with Crippen molar-refractivity contribution in [2.45, 2.75) is 6.54 Å². The van der Waals surface area contributed by atoms with E-state index in [4.69, 9.17) is 0 Å². The highest BCUT2D eigenvalue weighted by Crippen LogP contribution is 2.15. The zero-order chi connectivity index (χ0) is 11.0. The second-order valence-electron chi connectivity index (χ2n) is 3.92. The van der Waals surface area contributed by atoms with Gasteiger partial charge in [-0.2, -0.15) is 0 Å². The van der Waals surface area contributed by atoms with Crippen LogP contribution in [0.3, 0.4) is 0 Å². The van der Waals surface area contributed by atoms with Crippen LogP contribution in [0.1, 0.15) is 4.88 Å². The van der Waals surface area contributed by atoms with E-state index in [1.165, 1.54) is 15.9 Å². The first kappa shape index (κ1) is 9.60. The summed E-state index contributed by atoms with van der Waals surface area (Å²) >= 11 is 1.81. The Kier molecular flexibility index (Phi) is 2.26. The normalized spacial score (nSPS) is 11.1. The van der Waals surface area contributed by atoms with Crippen molar-refractivity contribution < 1.29 is 4.57 Å². The van der Waals surface area contributed by atoms with Gasteiger partial charge in [-0.25, -0.2) is 9.13 Å². The maximum absolute atomic E-state index is 2.29. The summed E-state index contributed by atoms with van der Waals surface area (Å²) in [5.74, 6) is 0. The number of hydrogen-bond donors (Lipinski definition) is 0. The van der Waals surface area contributed by atoms with Crippen LogP contribution in [-0.2, 0) is 13.6 Å². The van der Waals surface area contributed by atoms with Gasteiger partial charge in [0, 0.05) is 4.88 Å². The van der Waals surface area contributed by atoms with Gasteiger partial charge in [-0.05, 0) is 23.6 Å². The Morgan fingerprint density at radius 3 is 2.88 bits per heavy atom. The number of aryl methyl sites for hydroxylation is 1. The van der Waals surface area contributed by atoms with Crippen LogP contribution >= 0.6 is 11.3 Å². The molecular weight excluding hydrogens is 216 g/mol. The summed E-state index contributed by atoms with van der Waals surface area (Å²) in [5, 5.41) is 2.13. The number of rotatable bonds is 2. The molecule has 1 aromatic carbocycles. The standard InChI is InChI=1S/C13H13N2S/c1-14-10-15(9-11-5-4-8-16-11)13-7-3-2-6-12(13)14/h2-8,10H,9H2,1H3/q+1. The SMILES string of the molecule is C[n+]1cn(Cc2cccs2)c2ccccc21. The Morgan fingerprint density at radius 1 is 1.19 bits per heavy atom. The molecule has 0 bridgehead atoms. The van der Waals surface area contributed by atoms with Crippen molar-refractivity contribution in [3.8, 4) is 0 Å². The van der Waals surface area contributed by atoms with Gasteiger partial charge in [0.1, 0.15) is 6.54 Å². The number of benzene rings is 1. The van der Waals surface area contributed by atoms with Crippen molar-refractivity contribution in [2.75, 3.05) is 0 Å². The predicted octanol–water partition coefficient (Wildman–Crippen LogP) is 2.58. The summed E-state index contributed by atoms with van der Waals surface area (Å²) in [4.78, 5) is 1.39. The van der Waals surface area contributed by atoms with Crippen LogP contribution in [0.5, 0.6) is 0 Å². The van der Waals surface area contributed by atoms with Crippen molar-refractivity contribution in [2.24, 2.45) is 7.05 Å². The molecule has 0 aliphatic carbocycles. The molecule has 80 valence electrons. The van der Waals surface area contributed by atoms with E-state index >= 15 is 0 Å². The third kappa shape index (κ3) is 1.53. The second kappa shape index (κ2) is 3.76. The molecule has 0 spiro atoms. The summed E-state index contributed by atoms with van der Waals surface area (Å²) in [6.45, 7) is 0.957. The minimum Gasteiger partial charge on any atom is -0.233 e. The Morgan fingerprint density at radius 2 is 2.06 bits per heavy atom. The van der Waals surface area contributed by atoms with Crippen LogP contribution in [0.15, 0.2) is 48.1 Å². The van der Waals surface area contributed by atoms with Gasteiger partial charge in [0.15, 0.2) is 11.0 Å². The Labute approximate surface area is 98.4 Å². The van der Waals surface area contributed by atoms with E-state index in [2.05, 4.69) is 64.3 Å². The first-order valence-corrected chi connectivity index (χ1v) is 6.18. The highest BCUT2D eigenvalue weighted by atomic mass is 32.1. The van der Waals surface area contributed by atoms with Gasteiger partial charge in [0.2, 0.25) is 6.33 Å². The summed E-state index contributed by atoms with van der Waals surface area (Å²) < 4.78 is 4.46. The third-order valence-electron chi connectivity index (χ3n) is 2.79. The summed E-state index contributed by atoms with van der Waals surface area (Å²) in [6, 6.07) is 12.8. The van der Waals surface area contributed by atoms with E-state index in [0.29, 0.717) is 0 Å². The van der Waals surface area contributed by atoms with Gasteiger partial charge < -0.3 is 0 Å². The van der Waals surface area contributed by atoms with Crippen molar-refractivity contribution in [3.63, 3.8) is 0 Å². The van der Waals surface area contributed by atoms with Crippen LogP contribution in [0, 0.1) is 0 Å². The number of nitrogens with zero attached hydrogens (tertiary/aromatic N) is 2. The lowest BCUT2D eigenvalue weighted by atomic mass is 10.3. The van der Waals surface area contributed by atoms with Crippen molar-refractivity contribution in [3.05, 3.63) is 53.0 Å². The van der Waals surface area contributed by atoms with Crippen LogP contribution < -0.4 is 4.57 Å². The molecule has 0 aliphatic rings. The van der Waals surface area contributed by atoms with Crippen LogP contribution in [-0.4, -0.2) is 4.57 Å². The zero-order valence-corrected chi connectivity index (χ0v) is 9.95. The Hall–Kier alpha value is -1.61. The van der Waals surface area contributed by atoms with E-state index in [9.17, 15) is 0 Å². The molecule has 3 heteroatoms. The van der Waals surface area contributed by atoms with Crippen molar-refractivity contribution in [1.29, 1.82) is 0 Å². The second-order valence-corrected chi connectivity index (χ2v) is 4.95. The quantitative estimate of drug-likeness (QED) is 0.597. The van der Waals surface area contributed by atoms with Gasteiger partial charge in [0.25, 0.3) is 0 Å². The molecule has 0 radical (unpaired) electrons. The lowest BCUT2D eigenvalue weighted by molar-refractivity contribution is -0.645. The molecule has 2 aromatic heterocycles. The average molecular weight is 229 g/mol. The Balaban J connectivity index is 2.10. The number of hydrogen-bond acceptors (Lipinski definition) is 1. The molecule has 16 heavy (non-hydrogen) atoms. The van der Waals surface area contributed by atoms with Crippen LogP contribution in [0.25, 0.3) is 11.0 Å². The molecule has 0 amide bonds. The summed E-state index contributed by atoms with van der Waals surface area (Å²) in [7, 11) is 2.09. The first-order valence-electron chi connectivity index (χ1n) is 5.30. The minimum absolute atomic E-state index is 0.957. The molecule has 2 heterocycles. The minimum atomic E-state index is 0.957. The number of fused-ring (bicyclic) bond motifs is 1. The highest BCUT2D eigenvalue weighted by molar-refractivity contribution is 7.09. The predicted molar refractivity (Wildman–Crippen MR) is 66.5 cm³/mol. The lowest BCUT2D eigenvalue weighted by Crippen LogP contribution is -2.25. The zero-order valence-electron chi connectivity index (χ0n) is 9.13. The molecule has 0 atom stereocenters. The molecule has 2 nitrogen and oxygen atoms in total. The van der Waals surface area contributed by atoms with Gasteiger partial charge >= 0.3 is 0 Å². The molecular formula is C13H13N2S+. The molecule has 0 saturated carbocycles. The topological polar surface area (TPSA) is 8.81 Å². The molecule has 0 saturated heterocycles. The van der Waals surface area contributed by atoms with E-state index < -0.39 is 0 Å². The van der Waals surface area contributed by atoms with E-state index in [1.807, 2.05) is 0 Å². The maximum atomic E-state index is 2.29. The first-order chi connectivity index (χ1) is 7.84. The van der Waals surface area contributed by atoms with Gasteiger partial charge in [-0.3, -0.25) is 0 Å². The molecule has 3 aromatic rings. The maximum Gasteiger partial charge on any atom is 0.244 e. The number of para-hydroxylation sites is 2.